The second-order valence-electron chi connectivity index (χ2n) is 6.57. The Kier molecular flexibility index (Phi) is 6.41. The zero-order valence-electron chi connectivity index (χ0n) is 16.2. The fourth-order valence-electron chi connectivity index (χ4n) is 2.99. The van der Waals surface area contributed by atoms with Crippen LogP contribution in [0.25, 0.3) is 0 Å². The van der Waals surface area contributed by atoms with Gasteiger partial charge in [0, 0.05) is 24.2 Å². The molecule has 0 radical (unpaired) electrons. The van der Waals surface area contributed by atoms with Crippen LogP contribution in [0.1, 0.15) is 5.56 Å². The quantitative estimate of drug-likeness (QED) is 0.490. The number of ether oxygens (including phenoxy) is 3. The van der Waals surface area contributed by atoms with Crippen molar-refractivity contribution in [2.24, 2.45) is 0 Å². The fraction of sp³-hybridized carbons (Fsp3) is 0.238. The Hall–Kier alpha value is -2.75. The molecule has 0 saturated heterocycles. The molecule has 0 saturated carbocycles. The molecule has 9 heteroatoms. The van der Waals surface area contributed by atoms with E-state index >= 15 is 0 Å². The van der Waals surface area contributed by atoms with Gasteiger partial charge < -0.3 is 19.5 Å². The van der Waals surface area contributed by atoms with Gasteiger partial charge in [-0.1, -0.05) is 18.2 Å². The van der Waals surface area contributed by atoms with Crippen LogP contribution in [0.4, 0.5) is 5.69 Å². The first-order valence-electron chi connectivity index (χ1n) is 9.48. The van der Waals surface area contributed by atoms with E-state index in [1.54, 1.807) is 22.9 Å². The van der Waals surface area contributed by atoms with Gasteiger partial charge in [0.1, 0.15) is 19.8 Å². The highest BCUT2D eigenvalue weighted by molar-refractivity contribution is 7.92. The molecule has 4 rings (SSSR count). The maximum atomic E-state index is 12.4. The highest BCUT2D eigenvalue weighted by Gasteiger charge is 2.16. The third-order valence-electron chi connectivity index (χ3n) is 4.38. The monoisotopic (exact) mass is 446 g/mol. The molecule has 0 aliphatic carbocycles. The summed E-state index contributed by atoms with van der Waals surface area (Å²) in [6.07, 6.45) is 0. The van der Waals surface area contributed by atoms with E-state index in [1.807, 2.05) is 36.4 Å². The predicted octanol–water partition coefficient (Wildman–Crippen LogP) is 3.49. The molecule has 0 atom stereocenters. The van der Waals surface area contributed by atoms with Crippen molar-refractivity contribution >= 4 is 27.0 Å². The SMILES string of the molecule is O=S(=O)(Nc1cccc(CNCCOc2cccc3c2OCCO3)c1)c1ccsc1. The molecule has 158 valence electrons. The van der Waals surface area contributed by atoms with Crippen LogP contribution in [-0.4, -0.2) is 34.8 Å². The molecule has 7 nitrogen and oxygen atoms in total. The third-order valence-corrected chi connectivity index (χ3v) is 6.59. The lowest BCUT2D eigenvalue weighted by molar-refractivity contribution is 0.162. The number of anilines is 1. The van der Waals surface area contributed by atoms with E-state index in [-0.39, 0.29) is 4.90 Å². The summed E-state index contributed by atoms with van der Waals surface area (Å²) in [5, 5.41) is 6.64. The maximum absolute atomic E-state index is 12.4. The van der Waals surface area contributed by atoms with Crippen molar-refractivity contribution in [2.75, 3.05) is 31.1 Å². The zero-order valence-corrected chi connectivity index (χ0v) is 17.8. The molecule has 1 aromatic heterocycles. The summed E-state index contributed by atoms with van der Waals surface area (Å²) in [6, 6.07) is 14.5. The number of sulfonamides is 1. The van der Waals surface area contributed by atoms with Crippen molar-refractivity contribution in [3.8, 4) is 17.2 Å². The van der Waals surface area contributed by atoms with Gasteiger partial charge in [-0.05, 0) is 41.3 Å². The fourth-order valence-corrected chi connectivity index (χ4v) is 5.07. The molecule has 0 spiro atoms. The van der Waals surface area contributed by atoms with Gasteiger partial charge in [0.05, 0.1) is 4.90 Å². The van der Waals surface area contributed by atoms with Crippen LogP contribution in [0, 0.1) is 0 Å². The summed E-state index contributed by atoms with van der Waals surface area (Å²) in [5.41, 5.74) is 1.50. The highest BCUT2D eigenvalue weighted by Crippen LogP contribution is 2.38. The minimum Gasteiger partial charge on any atom is -0.488 e. The van der Waals surface area contributed by atoms with E-state index in [4.69, 9.17) is 14.2 Å². The molecule has 2 aromatic carbocycles. The lowest BCUT2D eigenvalue weighted by atomic mass is 10.2. The molecule has 1 aliphatic rings. The summed E-state index contributed by atoms with van der Waals surface area (Å²) in [6.45, 7) is 2.72. The van der Waals surface area contributed by atoms with Crippen molar-refractivity contribution < 1.29 is 22.6 Å². The Morgan fingerprint density at radius 3 is 2.80 bits per heavy atom. The van der Waals surface area contributed by atoms with Gasteiger partial charge in [-0.3, -0.25) is 4.72 Å². The van der Waals surface area contributed by atoms with Crippen molar-refractivity contribution in [1.82, 2.24) is 5.32 Å². The topological polar surface area (TPSA) is 85.9 Å². The van der Waals surface area contributed by atoms with Crippen LogP contribution >= 0.6 is 11.3 Å². The smallest absolute Gasteiger partial charge is 0.262 e. The van der Waals surface area contributed by atoms with Gasteiger partial charge >= 0.3 is 0 Å². The van der Waals surface area contributed by atoms with E-state index in [1.165, 1.54) is 11.3 Å². The number of thiophene rings is 1. The zero-order chi connectivity index (χ0) is 20.8. The van der Waals surface area contributed by atoms with Crippen LogP contribution in [0.2, 0.25) is 0 Å². The molecule has 0 bridgehead atoms. The molecule has 2 heterocycles. The van der Waals surface area contributed by atoms with Gasteiger partial charge in [-0.2, -0.15) is 11.3 Å². The number of rotatable bonds is 9. The maximum Gasteiger partial charge on any atom is 0.262 e. The largest absolute Gasteiger partial charge is 0.488 e. The van der Waals surface area contributed by atoms with Crippen molar-refractivity contribution in [3.63, 3.8) is 0 Å². The molecule has 30 heavy (non-hydrogen) atoms. The average Bonchev–Trinajstić information content (AvgIpc) is 3.30. The lowest BCUT2D eigenvalue weighted by Gasteiger charge is -2.20. The molecule has 3 aromatic rings. The minimum atomic E-state index is -3.56. The van der Waals surface area contributed by atoms with Crippen LogP contribution in [0.15, 0.2) is 64.2 Å². The Morgan fingerprint density at radius 2 is 1.93 bits per heavy atom. The highest BCUT2D eigenvalue weighted by atomic mass is 32.2. The Bertz CT molecular complexity index is 1080. The second kappa shape index (κ2) is 9.38. The van der Waals surface area contributed by atoms with Crippen molar-refractivity contribution in [1.29, 1.82) is 0 Å². The van der Waals surface area contributed by atoms with Gasteiger partial charge in [0.15, 0.2) is 11.5 Å². The van der Waals surface area contributed by atoms with Crippen molar-refractivity contribution in [3.05, 3.63) is 64.9 Å². The molecule has 0 unspecified atom stereocenters. The molecule has 1 aliphatic heterocycles. The summed E-state index contributed by atoms with van der Waals surface area (Å²) in [7, 11) is -3.56. The summed E-state index contributed by atoms with van der Waals surface area (Å²) in [5.74, 6) is 2.02. The lowest BCUT2D eigenvalue weighted by Crippen LogP contribution is -2.21. The molecular weight excluding hydrogens is 424 g/mol. The summed E-state index contributed by atoms with van der Waals surface area (Å²) >= 11 is 1.35. The van der Waals surface area contributed by atoms with E-state index < -0.39 is 10.0 Å². The first-order valence-corrected chi connectivity index (χ1v) is 11.9. The van der Waals surface area contributed by atoms with Crippen LogP contribution in [-0.2, 0) is 16.6 Å². The minimum absolute atomic E-state index is 0.269. The van der Waals surface area contributed by atoms with Crippen LogP contribution in [0.3, 0.4) is 0 Å². The second-order valence-corrected chi connectivity index (χ2v) is 9.03. The molecule has 0 amide bonds. The number of para-hydroxylation sites is 1. The molecular formula is C21H22N2O5S2. The van der Waals surface area contributed by atoms with Gasteiger partial charge in [-0.25, -0.2) is 8.42 Å². The van der Waals surface area contributed by atoms with E-state index in [2.05, 4.69) is 10.0 Å². The number of fused-ring (bicyclic) bond motifs is 1. The van der Waals surface area contributed by atoms with E-state index in [9.17, 15) is 8.42 Å². The number of hydrogen-bond acceptors (Lipinski definition) is 7. The molecule has 2 N–H and O–H groups in total. The summed E-state index contributed by atoms with van der Waals surface area (Å²) in [4.78, 5) is 0.269. The van der Waals surface area contributed by atoms with Crippen molar-refractivity contribution in [2.45, 2.75) is 11.4 Å². The number of nitrogens with one attached hydrogen (secondary N) is 2. The van der Waals surface area contributed by atoms with Crippen LogP contribution in [0.5, 0.6) is 17.2 Å². The summed E-state index contributed by atoms with van der Waals surface area (Å²) < 4.78 is 44.3. The van der Waals surface area contributed by atoms with Gasteiger partial charge in [0.2, 0.25) is 5.75 Å². The number of benzene rings is 2. The third kappa shape index (κ3) is 5.05. The first-order chi connectivity index (χ1) is 14.6. The molecule has 0 fully saturated rings. The van der Waals surface area contributed by atoms with Gasteiger partial charge in [-0.15, -0.1) is 0 Å². The standard InChI is InChI=1S/C21H22N2O5S2/c24-30(25,18-7-12-29-15-18)23-17-4-1-3-16(13-17)14-22-8-9-26-19-5-2-6-20-21(19)28-11-10-27-20/h1-7,12-13,15,22-23H,8-11,14H2. The average molecular weight is 447 g/mol. The normalized spacial score (nSPS) is 13.1. The van der Waals surface area contributed by atoms with Crippen LogP contribution < -0.4 is 24.2 Å². The Labute approximate surface area is 179 Å². The Balaban J connectivity index is 1.27. The van der Waals surface area contributed by atoms with E-state index in [0.29, 0.717) is 55.8 Å². The first kappa shape index (κ1) is 20.5. The predicted molar refractivity (Wildman–Crippen MR) is 116 cm³/mol. The van der Waals surface area contributed by atoms with Gasteiger partial charge in [0.25, 0.3) is 10.0 Å². The Morgan fingerprint density at radius 1 is 1.07 bits per heavy atom. The number of hydrogen-bond donors (Lipinski definition) is 2. The van der Waals surface area contributed by atoms with E-state index in [0.717, 1.165) is 5.56 Å².